The Morgan fingerprint density at radius 1 is 1.33 bits per heavy atom. The van der Waals surface area contributed by atoms with Gasteiger partial charge < -0.3 is 4.74 Å². The molecular formula is C17H20N2O4S. The number of ether oxygens (including phenoxy) is 1. The highest BCUT2D eigenvalue weighted by atomic mass is 32.2. The van der Waals surface area contributed by atoms with Gasteiger partial charge in [0.05, 0.1) is 22.3 Å². The summed E-state index contributed by atoms with van der Waals surface area (Å²) in [5, 5.41) is -0.282. The first-order chi connectivity index (χ1) is 11.1. The van der Waals surface area contributed by atoms with Gasteiger partial charge in [0.25, 0.3) is 0 Å². The molecule has 0 bridgehead atoms. The molecule has 24 heavy (non-hydrogen) atoms. The van der Waals surface area contributed by atoms with Gasteiger partial charge in [-0.15, -0.1) is 0 Å². The van der Waals surface area contributed by atoms with E-state index >= 15 is 0 Å². The average molecular weight is 348 g/mol. The lowest BCUT2D eigenvalue weighted by atomic mass is 10.1. The molecule has 128 valence electrons. The fraction of sp³-hybridized carbons (Fsp3) is 0.529. The molecule has 0 saturated heterocycles. The number of sulfone groups is 1. The van der Waals surface area contributed by atoms with Crippen molar-refractivity contribution in [2.24, 2.45) is 0 Å². The van der Waals surface area contributed by atoms with Gasteiger partial charge in [-0.3, -0.25) is 4.85 Å². The van der Waals surface area contributed by atoms with Crippen LogP contribution < -0.4 is 0 Å². The quantitative estimate of drug-likeness (QED) is 0.769. The molecule has 0 aromatic heterocycles. The number of nitrogens with zero attached hydrogens (tertiary/aromatic N) is 2. The van der Waals surface area contributed by atoms with Crippen molar-refractivity contribution in [2.45, 2.75) is 62.1 Å². The summed E-state index contributed by atoms with van der Waals surface area (Å²) in [6.07, 6.45) is 0.0706. The second-order valence-corrected chi connectivity index (χ2v) is 9.44. The molecule has 1 fully saturated rings. The van der Waals surface area contributed by atoms with Crippen LogP contribution in [0.4, 0.5) is 4.79 Å². The second kappa shape index (κ2) is 5.49. The van der Waals surface area contributed by atoms with Gasteiger partial charge in [-0.25, -0.2) is 24.7 Å². The van der Waals surface area contributed by atoms with Crippen molar-refractivity contribution in [2.75, 3.05) is 0 Å². The van der Waals surface area contributed by atoms with Gasteiger partial charge in [-0.1, -0.05) is 0 Å². The lowest BCUT2D eigenvalue weighted by Gasteiger charge is -2.24. The number of amides is 1. The van der Waals surface area contributed by atoms with Crippen LogP contribution in [0.5, 0.6) is 0 Å². The zero-order valence-electron chi connectivity index (χ0n) is 13.9. The Morgan fingerprint density at radius 2 is 2.00 bits per heavy atom. The number of rotatable bonds is 2. The first-order valence-corrected chi connectivity index (χ1v) is 9.41. The summed E-state index contributed by atoms with van der Waals surface area (Å²) in [4.78, 5) is 17.5. The minimum atomic E-state index is -3.29. The fourth-order valence-electron chi connectivity index (χ4n) is 2.78. The van der Waals surface area contributed by atoms with Gasteiger partial charge in [-0.2, -0.15) is 0 Å². The minimum absolute atomic E-state index is 0.186. The summed E-state index contributed by atoms with van der Waals surface area (Å²) < 4.78 is 30.1. The third-order valence-corrected chi connectivity index (χ3v) is 6.33. The monoisotopic (exact) mass is 348 g/mol. The van der Waals surface area contributed by atoms with E-state index in [2.05, 4.69) is 4.85 Å². The van der Waals surface area contributed by atoms with E-state index in [-0.39, 0.29) is 16.7 Å². The van der Waals surface area contributed by atoms with Gasteiger partial charge >= 0.3 is 12.3 Å². The first kappa shape index (κ1) is 16.8. The molecule has 1 aromatic carbocycles. The molecule has 1 aromatic rings. The summed E-state index contributed by atoms with van der Waals surface area (Å²) >= 11 is 0. The summed E-state index contributed by atoms with van der Waals surface area (Å²) in [7, 11) is -3.29. The van der Waals surface area contributed by atoms with Crippen LogP contribution >= 0.6 is 0 Å². The lowest BCUT2D eigenvalue weighted by Crippen LogP contribution is -2.34. The molecule has 1 saturated carbocycles. The van der Waals surface area contributed by atoms with Gasteiger partial charge in [0.1, 0.15) is 5.60 Å². The van der Waals surface area contributed by atoms with Crippen LogP contribution in [-0.4, -0.2) is 30.3 Å². The van der Waals surface area contributed by atoms with Gasteiger partial charge in [0.2, 0.25) is 0 Å². The van der Waals surface area contributed by atoms with E-state index < -0.39 is 27.7 Å². The molecule has 1 heterocycles. The summed E-state index contributed by atoms with van der Waals surface area (Å²) in [6, 6.07) is 4.80. The van der Waals surface area contributed by atoms with Crippen molar-refractivity contribution in [1.29, 1.82) is 0 Å². The van der Waals surface area contributed by atoms with Crippen LogP contribution in [0.15, 0.2) is 23.1 Å². The molecule has 1 atom stereocenters. The summed E-state index contributed by atoms with van der Waals surface area (Å²) in [5.41, 5.74) is 0.716. The molecular weight excluding hydrogens is 328 g/mol. The smallest absolute Gasteiger partial charge is 0.416 e. The zero-order valence-corrected chi connectivity index (χ0v) is 14.8. The third-order valence-electron chi connectivity index (χ3n) is 4.07. The molecule has 3 rings (SSSR count). The van der Waals surface area contributed by atoms with Crippen LogP contribution in [0.1, 0.15) is 50.9 Å². The predicted molar refractivity (Wildman–Crippen MR) is 87.8 cm³/mol. The maximum absolute atomic E-state index is 12.4. The molecule has 1 amide bonds. The molecule has 6 nitrogen and oxygen atoms in total. The Bertz CT molecular complexity index is 829. The highest BCUT2D eigenvalue weighted by Crippen LogP contribution is 2.39. The molecule has 1 unspecified atom stereocenters. The van der Waals surface area contributed by atoms with Gasteiger partial charge in [0.15, 0.2) is 9.84 Å². The molecule has 0 N–H and O–H groups in total. The maximum atomic E-state index is 12.4. The van der Waals surface area contributed by atoms with E-state index in [1.54, 1.807) is 39.0 Å². The van der Waals surface area contributed by atoms with Crippen molar-refractivity contribution in [3.63, 3.8) is 0 Å². The number of hydrogen-bond donors (Lipinski definition) is 0. The molecule has 1 aliphatic carbocycles. The Hall–Kier alpha value is -2.07. The van der Waals surface area contributed by atoms with Crippen LogP contribution in [0.3, 0.4) is 0 Å². The number of benzene rings is 1. The number of fused-ring (bicyclic) bond motifs is 1. The average Bonchev–Trinajstić information content (AvgIpc) is 3.26. The molecule has 1 aliphatic heterocycles. The van der Waals surface area contributed by atoms with E-state index in [4.69, 9.17) is 11.3 Å². The first-order valence-electron chi connectivity index (χ1n) is 7.86. The number of carbonyl (C=O) groups excluding carboxylic acids is 1. The largest absolute Gasteiger partial charge is 0.444 e. The number of hydrogen-bond acceptors (Lipinski definition) is 4. The zero-order chi connectivity index (χ0) is 17.7. The van der Waals surface area contributed by atoms with Gasteiger partial charge in [-0.05, 0) is 57.4 Å². The van der Waals surface area contributed by atoms with Crippen molar-refractivity contribution in [1.82, 2.24) is 4.90 Å². The third kappa shape index (κ3) is 2.98. The SMILES string of the molecule is [C-]#[N+]C1c2ccc(S(=O)(=O)C3CC3)cc2CN1C(=O)OC(C)(C)C. The van der Waals surface area contributed by atoms with E-state index in [0.717, 1.165) is 0 Å². The van der Waals surface area contributed by atoms with E-state index in [1.165, 1.54) is 4.90 Å². The van der Waals surface area contributed by atoms with Crippen LogP contribution in [0.25, 0.3) is 4.85 Å². The molecule has 0 spiro atoms. The van der Waals surface area contributed by atoms with Crippen LogP contribution in [-0.2, 0) is 21.1 Å². The van der Waals surface area contributed by atoms with E-state index in [1.807, 2.05) is 0 Å². The van der Waals surface area contributed by atoms with Crippen molar-refractivity contribution < 1.29 is 17.9 Å². The molecule has 2 aliphatic rings. The highest BCUT2D eigenvalue weighted by molar-refractivity contribution is 7.92. The Morgan fingerprint density at radius 3 is 2.54 bits per heavy atom. The second-order valence-electron chi connectivity index (χ2n) is 7.22. The normalized spacial score (nSPS) is 20.4. The molecule has 0 radical (unpaired) electrons. The van der Waals surface area contributed by atoms with Crippen LogP contribution in [0.2, 0.25) is 0 Å². The predicted octanol–water partition coefficient (Wildman–Crippen LogP) is 3.29. The van der Waals surface area contributed by atoms with Crippen molar-refractivity contribution >= 4 is 15.9 Å². The summed E-state index contributed by atoms with van der Waals surface area (Å²) in [5.74, 6) is 0. The maximum Gasteiger partial charge on any atom is 0.416 e. The standard InChI is InChI=1S/C17H20N2O4S/c1-17(2,3)23-16(20)19-10-11-9-13(24(21,22)12-5-6-12)7-8-14(11)15(19)18-4/h7-9,12,15H,5-6,10H2,1-3H3. The van der Waals surface area contributed by atoms with Crippen molar-refractivity contribution in [3.8, 4) is 0 Å². The minimum Gasteiger partial charge on any atom is -0.444 e. The Kier molecular flexibility index (Phi) is 3.83. The summed E-state index contributed by atoms with van der Waals surface area (Å²) in [6.45, 7) is 12.9. The lowest BCUT2D eigenvalue weighted by molar-refractivity contribution is 0.0206. The Balaban J connectivity index is 1.91. The topological polar surface area (TPSA) is 68.0 Å². The molecule has 7 heteroatoms. The van der Waals surface area contributed by atoms with E-state index in [0.29, 0.717) is 24.0 Å². The fourth-order valence-corrected chi connectivity index (χ4v) is 4.49. The number of carbonyl (C=O) groups is 1. The van der Waals surface area contributed by atoms with Gasteiger partial charge in [0, 0.05) is 0 Å². The van der Waals surface area contributed by atoms with Crippen LogP contribution in [0, 0.1) is 6.57 Å². The van der Waals surface area contributed by atoms with E-state index in [9.17, 15) is 13.2 Å². The van der Waals surface area contributed by atoms with Crippen molar-refractivity contribution in [3.05, 3.63) is 40.7 Å². The highest BCUT2D eigenvalue weighted by Gasteiger charge is 2.42. The Labute approximate surface area is 142 Å².